The Hall–Kier alpha value is -4.98. The fourth-order valence-corrected chi connectivity index (χ4v) is 5.11. The summed E-state index contributed by atoms with van der Waals surface area (Å²) in [5, 5.41) is 5.29. The molecule has 200 valence electrons. The third kappa shape index (κ3) is 4.80. The summed E-state index contributed by atoms with van der Waals surface area (Å²) in [5.74, 6) is -0.0997. The lowest BCUT2D eigenvalue weighted by Gasteiger charge is -2.28. The summed E-state index contributed by atoms with van der Waals surface area (Å²) in [4.78, 5) is 33.2. The first kappa shape index (κ1) is 25.3. The van der Waals surface area contributed by atoms with E-state index in [1.807, 2.05) is 79.7 Å². The van der Waals surface area contributed by atoms with Gasteiger partial charge in [-0.3, -0.25) is 4.79 Å². The molecule has 1 amide bonds. The molecule has 8 nitrogen and oxygen atoms in total. The van der Waals surface area contributed by atoms with Gasteiger partial charge in [-0.15, -0.1) is 0 Å². The number of aryl methyl sites for hydroxylation is 1. The third-order valence-corrected chi connectivity index (χ3v) is 7.23. The van der Waals surface area contributed by atoms with Gasteiger partial charge in [-0.05, 0) is 66.9 Å². The van der Waals surface area contributed by atoms with Gasteiger partial charge in [0, 0.05) is 18.7 Å². The molecule has 0 radical (unpaired) electrons. The fraction of sp³-hybridized carbons (Fsp3) is 0.188. The quantitative estimate of drug-likeness (QED) is 0.281. The van der Waals surface area contributed by atoms with E-state index in [4.69, 9.17) is 19.6 Å². The van der Waals surface area contributed by atoms with Crippen LogP contribution >= 0.6 is 0 Å². The van der Waals surface area contributed by atoms with Crippen LogP contribution in [0.2, 0.25) is 0 Å². The van der Waals surface area contributed by atoms with Crippen molar-refractivity contribution in [3.8, 4) is 22.7 Å². The van der Waals surface area contributed by atoms with Gasteiger partial charge in [0.15, 0.2) is 12.3 Å². The highest BCUT2D eigenvalue weighted by atomic mass is 16.5. The minimum absolute atomic E-state index is 0.222. The maximum atomic E-state index is 13.5. The number of pyridine rings is 1. The fourth-order valence-electron chi connectivity index (χ4n) is 5.11. The van der Waals surface area contributed by atoms with Crippen molar-refractivity contribution >= 4 is 22.9 Å². The second kappa shape index (κ2) is 10.6. The lowest BCUT2D eigenvalue weighted by Crippen LogP contribution is -2.38. The number of nitrogens with zero attached hydrogens (tertiary/aromatic N) is 4. The minimum atomic E-state index is -0.594. The largest absolute Gasteiger partial charge is 0.497 e. The highest BCUT2D eigenvalue weighted by Crippen LogP contribution is 2.30. The van der Waals surface area contributed by atoms with Crippen molar-refractivity contribution in [2.75, 3.05) is 20.3 Å². The maximum absolute atomic E-state index is 13.5. The Morgan fingerprint density at radius 3 is 2.40 bits per heavy atom. The molecular formula is C32H28N4O4. The number of carbonyl (C=O) groups excluding carboxylic acids is 2. The topological polar surface area (TPSA) is 86.5 Å². The number of para-hydroxylation sites is 1. The molecule has 1 aliphatic rings. The number of hydrogen-bond acceptors (Lipinski definition) is 6. The lowest BCUT2D eigenvalue weighted by atomic mass is 10.00. The summed E-state index contributed by atoms with van der Waals surface area (Å²) in [7, 11) is 1.61. The molecule has 0 bridgehead atoms. The van der Waals surface area contributed by atoms with Gasteiger partial charge >= 0.3 is 5.97 Å². The molecular weight excluding hydrogens is 504 g/mol. The number of fused-ring (bicyclic) bond motifs is 2. The van der Waals surface area contributed by atoms with Gasteiger partial charge in [0.05, 0.1) is 35.1 Å². The predicted octanol–water partition coefficient (Wildman–Crippen LogP) is 5.15. The highest BCUT2D eigenvalue weighted by molar-refractivity contribution is 6.05. The number of rotatable bonds is 6. The normalized spacial score (nSPS) is 12.7. The van der Waals surface area contributed by atoms with Crippen LogP contribution in [0.25, 0.3) is 28.0 Å². The molecule has 8 heteroatoms. The molecule has 0 saturated carbocycles. The van der Waals surface area contributed by atoms with Crippen LogP contribution in [0, 0.1) is 6.92 Å². The second-order valence-corrected chi connectivity index (χ2v) is 9.73. The highest BCUT2D eigenvalue weighted by Gasteiger charge is 2.25. The number of amides is 1. The summed E-state index contributed by atoms with van der Waals surface area (Å²) in [6, 6.07) is 26.9. The summed E-state index contributed by atoms with van der Waals surface area (Å²) in [6.45, 7) is 2.60. The molecule has 0 unspecified atom stereocenters. The minimum Gasteiger partial charge on any atom is -0.497 e. The molecule has 0 saturated heterocycles. The van der Waals surface area contributed by atoms with Crippen LogP contribution in [0.15, 0.2) is 84.9 Å². The van der Waals surface area contributed by atoms with E-state index in [9.17, 15) is 9.59 Å². The molecule has 0 atom stereocenters. The molecule has 6 rings (SSSR count). The van der Waals surface area contributed by atoms with Gasteiger partial charge in [0.2, 0.25) is 0 Å². The van der Waals surface area contributed by atoms with E-state index >= 15 is 0 Å². The van der Waals surface area contributed by atoms with E-state index in [2.05, 4.69) is 6.07 Å². The first-order valence-corrected chi connectivity index (χ1v) is 13.1. The van der Waals surface area contributed by atoms with Gasteiger partial charge in [0.25, 0.3) is 5.91 Å². The summed E-state index contributed by atoms with van der Waals surface area (Å²) >= 11 is 0. The SMILES string of the molecule is COc1ccc(-c2cc(C(=O)OCC(=O)N3CCc4ccccc4C3)c3c(C)nn(-c4ccccc4)c3n2)cc1. The van der Waals surface area contributed by atoms with Crippen LogP contribution in [0.5, 0.6) is 5.75 Å². The predicted molar refractivity (Wildman–Crippen MR) is 151 cm³/mol. The van der Waals surface area contributed by atoms with E-state index in [0.29, 0.717) is 46.8 Å². The van der Waals surface area contributed by atoms with Gasteiger partial charge < -0.3 is 14.4 Å². The number of benzene rings is 3. The number of hydrogen-bond donors (Lipinski definition) is 0. The average molecular weight is 533 g/mol. The lowest BCUT2D eigenvalue weighted by molar-refractivity contribution is -0.135. The molecule has 3 aromatic carbocycles. The van der Waals surface area contributed by atoms with Gasteiger partial charge in [-0.25, -0.2) is 14.5 Å². The van der Waals surface area contributed by atoms with E-state index < -0.39 is 5.97 Å². The monoisotopic (exact) mass is 532 g/mol. The molecule has 1 aliphatic heterocycles. The molecule has 2 aromatic heterocycles. The van der Waals surface area contributed by atoms with E-state index in [0.717, 1.165) is 23.2 Å². The van der Waals surface area contributed by atoms with E-state index in [1.54, 1.807) is 22.8 Å². The van der Waals surface area contributed by atoms with E-state index in [1.165, 1.54) is 5.56 Å². The van der Waals surface area contributed by atoms with Crippen LogP contribution in [-0.2, 0) is 22.5 Å². The Morgan fingerprint density at radius 1 is 0.925 bits per heavy atom. The van der Waals surface area contributed by atoms with Crippen LogP contribution in [0.1, 0.15) is 27.2 Å². The Morgan fingerprint density at radius 2 is 1.65 bits per heavy atom. The number of methoxy groups -OCH3 is 1. The van der Waals surface area contributed by atoms with Gasteiger partial charge in [-0.2, -0.15) is 5.10 Å². The molecule has 40 heavy (non-hydrogen) atoms. The zero-order chi connectivity index (χ0) is 27.6. The molecule has 0 spiro atoms. The zero-order valence-corrected chi connectivity index (χ0v) is 22.3. The molecule has 0 N–H and O–H groups in total. The average Bonchev–Trinajstić information content (AvgIpc) is 3.35. The van der Waals surface area contributed by atoms with Gasteiger partial charge in [0.1, 0.15) is 5.75 Å². The number of esters is 1. The van der Waals surface area contributed by atoms with E-state index in [-0.39, 0.29) is 12.5 Å². The van der Waals surface area contributed by atoms with Crippen LogP contribution in [0.4, 0.5) is 0 Å². The summed E-state index contributed by atoms with van der Waals surface area (Å²) < 4.78 is 12.6. The standard InChI is InChI=1S/C32H28N4O4/c1-21-30-27(32(38)40-20-29(37)35-17-16-22-8-6-7-9-24(22)19-35)18-28(23-12-14-26(39-2)15-13-23)33-31(30)36(34-21)25-10-4-3-5-11-25/h3-15,18H,16-17,19-20H2,1-2H3. The molecule has 3 heterocycles. The van der Waals surface area contributed by atoms with Crippen LogP contribution in [0.3, 0.4) is 0 Å². The Bertz CT molecular complexity index is 1710. The Kier molecular flexibility index (Phi) is 6.74. The van der Waals surface area contributed by atoms with Crippen LogP contribution in [-0.4, -0.2) is 51.8 Å². The second-order valence-electron chi connectivity index (χ2n) is 9.73. The number of aromatic nitrogens is 3. The Balaban J connectivity index is 1.33. The van der Waals surface area contributed by atoms with Crippen molar-refractivity contribution in [1.82, 2.24) is 19.7 Å². The van der Waals surface area contributed by atoms with Crippen LogP contribution < -0.4 is 4.74 Å². The molecule has 0 aliphatic carbocycles. The molecule has 0 fully saturated rings. The maximum Gasteiger partial charge on any atom is 0.339 e. The van der Waals surface area contributed by atoms with Crippen molar-refractivity contribution in [1.29, 1.82) is 0 Å². The Labute approximate surface area is 231 Å². The molecule has 5 aromatic rings. The van der Waals surface area contributed by atoms with Crippen molar-refractivity contribution in [2.24, 2.45) is 0 Å². The smallest absolute Gasteiger partial charge is 0.339 e. The van der Waals surface area contributed by atoms with Crippen molar-refractivity contribution < 1.29 is 19.1 Å². The van der Waals surface area contributed by atoms with Crippen molar-refractivity contribution in [3.05, 3.63) is 107 Å². The number of ether oxygens (including phenoxy) is 2. The summed E-state index contributed by atoms with van der Waals surface area (Å²) in [5.41, 5.74) is 6.06. The van der Waals surface area contributed by atoms with Crippen molar-refractivity contribution in [3.63, 3.8) is 0 Å². The zero-order valence-electron chi connectivity index (χ0n) is 22.3. The summed E-state index contributed by atoms with van der Waals surface area (Å²) in [6.07, 6.45) is 0.782. The first-order valence-electron chi connectivity index (χ1n) is 13.1. The number of carbonyl (C=O) groups is 2. The van der Waals surface area contributed by atoms with Crippen molar-refractivity contribution in [2.45, 2.75) is 19.9 Å². The first-order chi connectivity index (χ1) is 19.5. The third-order valence-electron chi connectivity index (χ3n) is 7.23. The van der Waals surface area contributed by atoms with Gasteiger partial charge in [-0.1, -0.05) is 42.5 Å².